The Bertz CT molecular complexity index is 117. The van der Waals surface area contributed by atoms with Crippen LogP contribution in [-0.2, 0) is 0 Å². The third-order valence-electron chi connectivity index (χ3n) is 3.49. The van der Waals surface area contributed by atoms with Gasteiger partial charge < -0.3 is 0 Å². The topological polar surface area (TPSA) is 0 Å². The van der Waals surface area contributed by atoms with Crippen LogP contribution in [0.4, 0.5) is 0 Å². The minimum absolute atomic E-state index is 0.413. The van der Waals surface area contributed by atoms with E-state index < -0.39 is 0 Å². The zero-order valence-corrected chi connectivity index (χ0v) is 8.11. The summed E-state index contributed by atoms with van der Waals surface area (Å²) in [6, 6.07) is 0. The molecule has 1 rings (SSSR count). The van der Waals surface area contributed by atoms with Crippen LogP contribution < -0.4 is 0 Å². The molecule has 2 unspecified atom stereocenters. The summed E-state index contributed by atoms with van der Waals surface area (Å²) in [5.74, 6) is 0.843. The van der Waals surface area contributed by atoms with E-state index in [2.05, 4.69) is 27.2 Å². The van der Waals surface area contributed by atoms with Crippen LogP contribution >= 0.6 is 0 Å². The Labute approximate surface area is 71.4 Å². The minimum atomic E-state index is 0.413. The Balaban J connectivity index is 2.58. The molecule has 1 aliphatic rings. The quantitative estimate of drug-likeness (QED) is 0.503. The standard InChI is InChI=1S/C11H20/c1-4-11(3)9-7-5-6-8-10(11)2/h10H,5-9H2,1-3H3. The Morgan fingerprint density at radius 1 is 1.27 bits per heavy atom. The molecule has 0 N–H and O–H groups in total. The predicted octanol–water partition coefficient (Wildman–Crippen LogP) is 3.69. The second kappa shape index (κ2) is 3.60. The van der Waals surface area contributed by atoms with Crippen LogP contribution in [0.1, 0.15) is 52.9 Å². The first kappa shape index (κ1) is 9.09. The lowest BCUT2D eigenvalue weighted by Crippen LogP contribution is -2.23. The molecule has 11 heavy (non-hydrogen) atoms. The first-order chi connectivity index (χ1) is 5.19. The van der Waals surface area contributed by atoms with Gasteiger partial charge in [0.25, 0.3) is 0 Å². The third kappa shape index (κ3) is 1.98. The van der Waals surface area contributed by atoms with Gasteiger partial charge in [-0.3, -0.25) is 0 Å². The number of rotatable bonds is 1. The molecule has 64 valence electrons. The van der Waals surface area contributed by atoms with Crippen molar-refractivity contribution in [1.29, 1.82) is 0 Å². The van der Waals surface area contributed by atoms with Crippen molar-refractivity contribution < 1.29 is 0 Å². The fraction of sp³-hybridized carbons (Fsp3) is 0.909. The van der Waals surface area contributed by atoms with Crippen molar-refractivity contribution in [1.82, 2.24) is 0 Å². The Kier molecular flexibility index (Phi) is 2.98. The molecule has 2 atom stereocenters. The van der Waals surface area contributed by atoms with E-state index >= 15 is 0 Å². The zero-order valence-electron chi connectivity index (χ0n) is 8.11. The molecule has 0 aromatic carbocycles. The third-order valence-corrected chi connectivity index (χ3v) is 3.49. The van der Waals surface area contributed by atoms with Crippen molar-refractivity contribution in [2.24, 2.45) is 11.3 Å². The fourth-order valence-corrected chi connectivity index (χ4v) is 2.06. The van der Waals surface area contributed by atoms with Crippen LogP contribution in [0.2, 0.25) is 0 Å². The first-order valence-electron chi connectivity index (χ1n) is 4.88. The Morgan fingerprint density at radius 3 is 2.64 bits per heavy atom. The Hall–Kier alpha value is 0. The van der Waals surface area contributed by atoms with Crippen molar-refractivity contribution in [2.75, 3.05) is 0 Å². The van der Waals surface area contributed by atoms with Crippen molar-refractivity contribution in [2.45, 2.75) is 52.9 Å². The van der Waals surface area contributed by atoms with E-state index in [1.165, 1.54) is 32.1 Å². The van der Waals surface area contributed by atoms with Crippen LogP contribution in [0.25, 0.3) is 0 Å². The van der Waals surface area contributed by atoms with Crippen molar-refractivity contribution in [3.05, 3.63) is 6.42 Å². The highest BCUT2D eigenvalue weighted by Crippen LogP contribution is 2.41. The molecular formula is C11H20. The summed E-state index contributed by atoms with van der Waals surface area (Å²) in [5.41, 5.74) is 0.413. The molecule has 0 nitrogen and oxygen atoms in total. The van der Waals surface area contributed by atoms with E-state index in [9.17, 15) is 0 Å². The summed E-state index contributed by atoms with van der Waals surface area (Å²) in [7, 11) is 0. The largest absolute Gasteiger partial charge is 0.0620 e. The SMILES string of the molecule is C[C]C1(C)CCCCCC1C. The summed E-state index contributed by atoms with van der Waals surface area (Å²) >= 11 is 0. The summed E-state index contributed by atoms with van der Waals surface area (Å²) in [5, 5.41) is 0. The molecule has 0 bridgehead atoms. The molecule has 1 fully saturated rings. The highest BCUT2D eigenvalue weighted by Gasteiger charge is 2.30. The Morgan fingerprint density at radius 2 is 2.00 bits per heavy atom. The molecule has 0 heteroatoms. The van der Waals surface area contributed by atoms with E-state index in [0.717, 1.165) is 5.92 Å². The summed E-state index contributed by atoms with van der Waals surface area (Å²) in [4.78, 5) is 0. The molecule has 0 aromatic rings. The van der Waals surface area contributed by atoms with Gasteiger partial charge in [-0.05, 0) is 24.2 Å². The number of hydrogen-bond acceptors (Lipinski definition) is 0. The van der Waals surface area contributed by atoms with Gasteiger partial charge in [0.1, 0.15) is 0 Å². The van der Waals surface area contributed by atoms with Gasteiger partial charge in [-0.25, -0.2) is 0 Å². The maximum Gasteiger partial charge on any atom is -0.0140 e. The normalized spacial score (nSPS) is 40.1. The van der Waals surface area contributed by atoms with Gasteiger partial charge in [0.2, 0.25) is 0 Å². The number of hydrogen-bond donors (Lipinski definition) is 0. The summed E-state index contributed by atoms with van der Waals surface area (Å²) < 4.78 is 0. The molecule has 0 amide bonds. The molecule has 0 spiro atoms. The lowest BCUT2D eigenvalue weighted by atomic mass is 9.73. The maximum absolute atomic E-state index is 3.47. The van der Waals surface area contributed by atoms with Gasteiger partial charge in [-0.2, -0.15) is 0 Å². The van der Waals surface area contributed by atoms with Gasteiger partial charge >= 0.3 is 0 Å². The first-order valence-corrected chi connectivity index (χ1v) is 4.88. The second-order valence-electron chi connectivity index (χ2n) is 4.17. The van der Waals surface area contributed by atoms with E-state index in [0.29, 0.717) is 5.41 Å². The average Bonchev–Trinajstić information content (AvgIpc) is 2.16. The van der Waals surface area contributed by atoms with Crippen molar-refractivity contribution in [3.8, 4) is 0 Å². The van der Waals surface area contributed by atoms with Crippen LogP contribution in [0.5, 0.6) is 0 Å². The second-order valence-corrected chi connectivity index (χ2v) is 4.17. The lowest BCUT2D eigenvalue weighted by molar-refractivity contribution is 0.233. The van der Waals surface area contributed by atoms with Crippen LogP contribution in [-0.4, -0.2) is 0 Å². The molecule has 0 heterocycles. The highest BCUT2D eigenvalue weighted by atomic mass is 14.3. The minimum Gasteiger partial charge on any atom is -0.0620 e. The van der Waals surface area contributed by atoms with Crippen LogP contribution in [0, 0.1) is 17.8 Å². The van der Waals surface area contributed by atoms with Crippen molar-refractivity contribution >= 4 is 0 Å². The van der Waals surface area contributed by atoms with E-state index in [1.54, 1.807) is 0 Å². The average molecular weight is 152 g/mol. The van der Waals surface area contributed by atoms with E-state index in [4.69, 9.17) is 0 Å². The summed E-state index contributed by atoms with van der Waals surface area (Å²) in [6.07, 6.45) is 10.5. The zero-order chi connectivity index (χ0) is 8.32. The van der Waals surface area contributed by atoms with Gasteiger partial charge in [-0.15, -0.1) is 0 Å². The van der Waals surface area contributed by atoms with Crippen LogP contribution in [0.3, 0.4) is 0 Å². The molecule has 2 radical (unpaired) electrons. The molecular weight excluding hydrogens is 132 g/mol. The van der Waals surface area contributed by atoms with Crippen molar-refractivity contribution in [3.63, 3.8) is 0 Å². The van der Waals surface area contributed by atoms with Gasteiger partial charge in [-0.1, -0.05) is 46.5 Å². The molecule has 0 aromatic heterocycles. The predicted molar refractivity (Wildman–Crippen MR) is 49.3 cm³/mol. The van der Waals surface area contributed by atoms with Gasteiger partial charge in [0, 0.05) is 0 Å². The monoisotopic (exact) mass is 152 g/mol. The van der Waals surface area contributed by atoms with E-state index in [-0.39, 0.29) is 0 Å². The van der Waals surface area contributed by atoms with Crippen LogP contribution in [0.15, 0.2) is 0 Å². The van der Waals surface area contributed by atoms with Gasteiger partial charge in [0.05, 0.1) is 0 Å². The molecule has 1 saturated carbocycles. The lowest BCUT2D eigenvalue weighted by Gasteiger charge is -2.32. The molecule has 0 saturated heterocycles. The fourth-order valence-electron chi connectivity index (χ4n) is 2.06. The smallest absolute Gasteiger partial charge is 0.0140 e. The van der Waals surface area contributed by atoms with Gasteiger partial charge in [0.15, 0.2) is 0 Å². The summed E-state index contributed by atoms with van der Waals surface area (Å²) in [6.45, 7) is 6.84. The molecule has 1 aliphatic carbocycles. The molecule has 0 aliphatic heterocycles. The maximum atomic E-state index is 3.47. The highest BCUT2D eigenvalue weighted by molar-refractivity contribution is 4.91. The van der Waals surface area contributed by atoms with E-state index in [1.807, 2.05) is 0 Å².